The van der Waals surface area contributed by atoms with Crippen molar-refractivity contribution >= 4 is 0 Å². The van der Waals surface area contributed by atoms with Crippen LogP contribution in [0.4, 0.5) is 0 Å². The lowest BCUT2D eigenvalue weighted by Crippen LogP contribution is -2.38. The highest BCUT2D eigenvalue weighted by molar-refractivity contribution is 5.29. The minimum atomic E-state index is 0.513. The van der Waals surface area contributed by atoms with E-state index in [1.54, 1.807) is 7.11 Å². The van der Waals surface area contributed by atoms with E-state index in [0.717, 1.165) is 24.7 Å². The molecular weight excluding hydrogens is 250 g/mol. The summed E-state index contributed by atoms with van der Waals surface area (Å²) >= 11 is 0. The maximum Gasteiger partial charge on any atom is 0.119 e. The van der Waals surface area contributed by atoms with Gasteiger partial charge in [-0.3, -0.25) is 0 Å². The summed E-state index contributed by atoms with van der Waals surface area (Å²) in [7, 11) is 3.78. The first-order valence-electron chi connectivity index (χ1n) is 7.67. The van der Waals surface area contributed by atoms with Gasteiger partial charge in [-0.05, 0) is 63.3 Å². The molecule has 0 saturated heterocycles. The number of hydrogen-bond donors (Lipinski definition) is 1. The molecule has 0 spiro atoms. The van der Waals surface area contributed by atoms with Crippen LogP contribution in [-0.4, -0.2) is 32.9 Å². The van der Waals surface area contributed by atoms with E-state index < -0.39 is 0 Å². The number of likely N-dealkylation sites (N-methyl/N-ethyl adjacent to an activating group) is 1. The number of nitrogens with one attached hydrogen (secondary N) is 1. The Labute approximate surface area is 122 Å². The summed E-state index contributed by atoms with van der Waals surface area (Å²) in [6.07, 6.45) is 5.26. The van der Waals surface area contributed by atoms with Crippen LogP contribution in [0.2, 0.25) is 0 Å². The van der Waals surface area contributed by atoms with Crippen LogP contribution >= 0.6 is 0 Å². The van der Waals surface area contributed by atoms with Gasteiger partial charge in [-0.25, -0.2) is 0 Å². The van der Waals surface area contributed by atoms with Gasteiger partial charge < -0.3 is 14.8 Å². The van der Waals surface area contributed by atoms with E-state index in [0.29, 0.717) is 12.1 Å². The van der Waals surface area contributed by atoms with E-state index in [4.69, 9.17) is 9.47 Å². The van der Waals surface area contributed by atoms with Crippen molar-refractivity contribution in [1.82, 2.24) is 5.32 Å². The standard InChI is InChI=1S/C17H27NO2/c1-4-20-17-11-14(12-17)9-15(18-2)8-13-6-5-7-16(10-13)19-3/h5-7,10,14-15,17-18H,4,8-9,11-12H2,1-3H3. The van der Waals surface area contributed by atoms with Crippen LogP contribution in [0, 0.1) is 5.92 Å². The Hall–Kier alpha value is -1.06. The van der Waals surface area contributed by atoms with Crippen LogP contribution in [0.25, 0.3) is 0 Å². The average molecular weight is 277 g/mol. The molecule has 1 aliphatic rings. The molecule has 3 nitrogen and oxygen atoms in total. The van der Waals surface area contributed by atoms with Crippen molar-refractivity contribution in [2.24, 2.45) is 5.92 Å². The molecule has 0 amide bonds. The molecule has 1 fully saturated rings. The zero-order valence-corrected chi connectivity index (χ0v) is 12.9. The number of methoxy groups -OCH3 is 1. The fourth-order valence-corrected chi connectivity index (χ4v) is 3.03. The third-order valence-corrected chi connectivity index (χ3v) is 4.24. The zero-order chi connectivity index (χ0) is 14.4. The van der Waals surface area contributed by atoms with Gasteiger partial charge in [0.05, 0.1) is 13.2 Å². The highest BCUT2D eigenvalue weighted by Gasteiger charge is 2.31. The van der Waals surface area contributed by atoms with E-state index in [-0.39, 0.29) is 0 Å². The van der Waals surface area contributed by atoms with E-state index in [2.05, 4.69) is 37.5 Å². The van der Waals surface area contributed by atoms with Crippen molar-refractivity contribution in [2.75, 3.05) is 20.8 Å². The van der Waals surface area contributed by atoms with Gasteiger partial charge in [0, 0.05) is 12.6 Å². The van der Waals surface area contributed by atoms with Crippen LogP contribution in [0.3, 0.4) is 0 Å². The van der Waals surface area contributed by atoms with Gasteiger partial charge in [0.25, 0.3) is 0 Å². The molecule has 1 aliphatic carbocycles. The number of rotatable bonds is 8. The maximum absolute atomic E-state index is 5.63. The fourth-order valence-electron chi connectivity index (χ4n) is 3.03. The van der Waals surface area contributed by atoms with E-state index in [1.807, 2.05) is 6.07 Å². The van der Waals surface area contributed by atoms with Gasteiger partial charge in [0.1, 0.15) is 5.75 Å². The van der Waals surface area contributed by atoms with Crippen molar-refractivity contribution in [3.63, 3.8) is 0 Å². The summed E-state index contributed by atoms with van der Waals surface area (Å²) in [4.78, 5) is 0. The molecule has 0 aromatic heterocycles. The SMILES string of the molecule is CCOC1CC(CC(Cc2cccc(OC)c2)NC)C1. The topological polar surface area (TPSA) is 30.5 Å². The van der Waals surface area contributed by atoms with Crippen molar-refractivity contribution in [1.29, 1.82) is 0 Å². The molecule has 0 radical (unpaired) electrons. The predicted molar refractivity (Wildman–Crippen MR) is 82.3 cm³/mol. The molecule has 20 heavy (non-hydrogen) atoms. The largest absolute Gasteiger partial charge is 0.497 e. The van der Waals surface area contributed by atoms with E-state index in [1.165, 1.54) is 24.8 Å². The Morgan fingerprint density at radius 1 is 1.35 bits per heavy atom. The summed E-state index contributed by atoms with van der Waals surface area (Å²) in [6, 6.07) is 8.91. The Morgan fingerprint density at radius 3 is 2.80 bits per heavy atom. The molecule has 0 heterocycles. The molecule has 1 unspecified atom stereocenters. The second-order valence-electron chi connectivity index (χ2n) is 5.69. The van der Waals surface area contributed by atoms with Gasteiger partial charge in [0.2, 0.25) is 0 Å². The lowest BCUT2D eigenvalue weighted by Gasteiger charge is -2.37. The number of ether oxygens (including phenoxy) is 2. The lowest BCUT2D eigenvalue weighted by molar-refractivity contribution is -0.0288. The summed E-state index contributed by atoms with van der Waals surface area (Å²) in [5, 5.41) is 3.45. The summed E-state index contributed by atoms with van der Waals surface area (Å²) in [5.74, 6) is 1.76. The maximum atomic E-state index is 5.63. The van der Waals surface area contributed by atoms with Crippen molar-refractivity contribution in [3.05, 3.63) is 29.8 Å². The van der Waals surface area contributed by atoms with Crippen LogP contribution in [0.15, 0.2) is 24.3 Å². The molecular formula is C17H27NO2. The summed E-state index contributed by atoms with van der Waals surface area (Å²) in [5.41, 5.74) is 1.34. The van der Waals surface area contributed by atoms with E-state index in [9.17, 15) is 0 Å². The van der Waals surface area contributed by atoms with Crippen molar-refractivity contribution in [3.8, 4) is 5.75 Å². The fraction of sp³-hybridized carbons (Fsp3) is 0.647. The summed E-state index contributed by atoms with van der Waals surface area (Å²) < 4.78 is 10.9. The van der Waals surface area contributed by atoms with Crippen LogP contribution in [0.1, 0.15) is 31.7 Å². The Morgan fingerprint density at radius 2 is 2.15 bits per heavy atom. The lowest BCUT2D eigenvalue weighted by atomic mass is 9.77. The molecule has 2 rings (SSSR count). The molecule has 0 bridgehead atoms. The van der Waals surface area contributed by atoms with Crippen molar-refractivity contribution in [2.45, 2.75) is 44.8 Å². The predicted octanol–water partition coefficient (Wildman–Crippen LogP) is 3.03. The Bertz CT molecular complexity index is 402. The molecule has 1 saturated carbocycles. The first-order chi connectivity index (χ1) is 9.75. The zero-order valence-electron chi connectivity index (χ0n) is 12.9. The first-order valence-corrected chi connectivity index (χ1v) is 7.67. The quantitative estimate of drug-likeness (QED) is 0.792. The average Bonchev–Trinajstić information content (AvgIpc) is 2.44. The van der Waals surface area contributed by atoms with Crippen LogP contribution < -0.4 is 10.1 Å². The Kier molecular flexibility index (Phi) is 5.86. The van der Waals surface area contributed by atoms with Gasteiger partial charge in [-0.1, -0.05) is 12.1 Å². The molecule has 1 atom stereocenters. The van der Waals surface area contributed by atoms with Gasteiger partial charge in [-0.2, -0.15) is 0 Å². The highest BCUT2D eigenvalue weighted by Crippen LogP contribution is 2.34. The Balaban J connectivity index is 1.80. The molecule has 1 N–H and O–H groups in total. The second kappa shape index (κ2) is 7.65. The summed E-state index contributed by atoms with van der Waals surface area (Å²) in [6.45, 7) is 2.92. The molecule has 1 aromatic rings. The van der Waals surface area contributed by atoms with Crippen LogP contribution in [0.5, 0.6) is 5.75 Å². The second-order valence-corrected chi connectivity index (χ2v) is 5.69. The van der Waals surface area contributed by atoms with Gasteiger partial charge in [-0.15, -0.1) is 0 Å². The van der Waals surface area contributed by atoms with Gasteiger partial charge >= 0.3 is 0 Å². The van der Waals surface area contributed by atoms with Gasteiger partial charge in [0.15, 0.2) is 0 Å². The first kappa shape index (κ1) is 15.3. The minimum absolute atomic E-state index is 0.513. The number of benzene rings is 1. The normalized spacial score (nSPS) is 23.1. The highest BCUT2D eigenvalue weighted by atomic mass is 16.5. The molecule has 1 aromatic carbocycles. The monoisotopic (exact) mass is 277 g/mol. The molecule has 3 heteroatoms. The third-order valence-electron chi connectivity index (χ3n) is 4.24. The smallest absolute Gasteiger partial charge is 0.119 e. The third kappa shape index (κ3) is 4.22. The minimum Gasteiger partial charge on any atom is -0.497 e. The van der Waals surface area contributed by atoms with Crippen LogP contribution in [-0.2, 0) is 11.2 Å². The molecule has 112 valence electrons. The number of hydrogen-bond acceptors (Lipinski definition) is 3. The van der Waals surface area contributed by atoms with E-state index >= 15 is 0 Å². The van der Waals surface area contributed by atoms with Crippen molar-refractivity contribution < 1.29 is 9.47 Å². The molecule has 0 aliphatic heterocycles.